The van der Waals surface area contributed by atoms with Crippen LogP contribution in [0.3, 0.4) is 0 Å². The Labute approximate surface area is 91.5 Å². The van der Waals surface area contributed by atoms with Crippen LogP contribution >= 0.6 is 27.3 Å². The Morgan fingerprint density at radius 2 is 2.38 bits per heavy atom. The van der Waals surface area contributed by atoms with Crippen molar-refractivity contribution in [1.29, 1.82) is 0 Å². The highest BCUT2D eigenvalue weighted by Crippen LogP contribution is 2.42. The molecular weight excluding hydrogens is 246 g/mol. The summed E-state index contributed by atoms with van der Waals surface area (Å²) in [7, 11) is 0. The average molecular weight is 260 g/mol. The summed E-state index contributed by atoms with van der Waals surface area (Å²) in [5.41, 5.74) is 8.66. The Balaban J connectivity index is 2.51. The van der Waals surface area contributed by atoms with Crippen molar-refractivity contribution >= 4 is 27.3 Å². The zero-order valence-electron chi connectivity index (χ0n) is 7.77. The highest BCUT2D eigenvalue weighted by atomic mass is 79.9. The first-order chi connectivity index (χ1) is 6.24. The molecule has 0 bridgehead atoms. The van der Waals surface area contributed by atoms with Gasteiger partial charge in [0.15, 0.2) is 0 Å². The fraction of sp³-hybridized carbons (Fsp3) is 0.600. The molecule has 0 aromatic carbocycles. The van der Waals surface area contributed by atoms with E-state index in [1.54, 1.807) is 10.4 Å². The molecule has 0 amide bonds. The Bertz CT molecular complexity index is 319. The minimum absolute atomic E-state index is 0.677. The van der Waals surface area contributed by atoms with E-state index in [1.807, 2.05) is 11.3 Å². The smallest absolute Gasteiger partial charge is 0.0749 e. The fourth-order valence-electron chi connectivity index (χ4n) is 2.16. The van der Waals surface area contributed by atoms with Crippen LogP contribution in [0, 0.1) is 0 Å². The minimum Gasteiger partial charge on any atom is -0.326 e. The van der Waals surface area contributed by atoms with E-state index < -0.39 is 0 Å². The number of hydrogen-bond donors (Lipinski definition) is 1. The normalized spacial score (nSPS) is 21.6. The monoisotopic (exact) mass is 259 g/mol. The standard InChI is InChI=1S/C10H14BrNS/c1-6-3-2-4-8-9(6)7(5-12)10(11)13-8/h6H,2-5,12H2,1H3. The Kier molecular flexibility index (Phi) is 2.77. The third kappa shape index (κ3) is 1.58. The van der Waals surface area contributed by atoms with Crippen molar-refractivity contribution in [1.82, 2.24) is 0 Å². The number of aryl methyl sites for hydroxylation is 1. The van der Waals surface area contributed by atoms with E-state index in [4.69, 9.17) is 5.73 Å². The van der Waals surface area contributed by atoms with Crippen molar-refractivity contribution in [3.05, 3.63) is 19.8 Å². The van der Waals surface area contributed by atoms with E-state index in [9.17, 15) is 0 Å². The van der Waals surface area contributed by atoms with E-state index in [2.05, 4.69) is 22.9 Å². The first kappa shape index (κ1) is 9.69. The van der Waals surface area contributed by atoms with Crippen LogP contribution in [0.1, 0.15) is 41.7 Å². The summed E-state index contributed by atoms with van der Waals surface area (Å²) in [6.45, 7) is 2.99. The van der Waals surface area contributed by atoms with E-state index in [-0.39, 0.29) is 0 Å². The van der Waals surface area contributed by atoms with Gasteiger partial charge in [-0.1, -0.05) is 6.92 Å². The second-order valence-corrected chi connectivity index (χ2v) is 6.11. The number of fused-ring (bicyclic) bond motifs is 1. The third-order valence-corrected chi connectivity index (χ3v) is 4.87. The summed E-state index contributed by atoms with van der Waals surface area (Å²) in [6, 6.07) is 0. The summed E-state index contributed by atoms with van der Waals surface area (Å²) in [4.78, 5) is 1.56. The third-order valence-electron chi connectivity index (χ3n) is 2.81. The van der Waals surface area contributed by atoms with Crippen LogP contribution in [-0.4, -0.2) is 0 Å². The molecule has 0 saturated carbocycles. The maximum absolute atomic E-state index is 5.76. The molecule has 0 spiro atoms. The molecule has 1 unspecified atom stereocenters. The Morgan fingerprint density at radius 1 is 1.62 bits per heavy atom. The topological polar surface area (TPSA) is 26.0 Å². The molecule has 72 valence electrons. The van der Waals surface area contributed by atoms with Gasteiger partial charge < -0.3 is 5.73 Å². The number of rotatable bonds is 1. The van der Waals surface area contributed by atoms with Crippen LogP contribution in [0.2, 0.25) is 0 Å². The Morgan fingerprint density at radius 3 is 3.08 bits per heavy atom. The molecule has 1 nitrogen and oxygen atoms in total. The van der Waals surface area contributed by atoms with Gasteiger partial charge in [0.2, 0.25) is 0 Å². The predicted octanol–water partition coefficient (Wildman–Crippen LogP) is 3.41. The van der Waals surface area contributed by atoms with Gasteiger partial charge in [-0.15, -0.1) is 11.3 Å². The second kappa shape index (κ2) is 3.71. The van der Waals surface area contributed by atoms with Gasteiger partial charge in [-0.3, -0.25) is 0 Å². The molecule has 0 aliphatic heterocycles. The second-order valence-electron chi connectivity index (χ2n) is 3.69. The van der Waals surface area contributed by atoms with Gasteiger partial charge in [-0.25, -0.2) is 0 Å². The lowest BCUT2D eigenvalue weighted by Gasteiger charge is -2.19. The maximum Gasteiger partial charge on any atom is 0.0749 e. The quantitative estimate of drug-likeness (QED) is 0.822. The molecule has 1 aliphatic carbocycles. The zero-order chi connectivity index (χ0) is 9.42. The van der Waals surface area contributed by atoms with Gasteiger partial charge in [0.25, 0.3) is 0 Å². The van der Waals surface area contributed by atoms with Crippen LogP contribution < -0.4 is 5.73 Å². The summed E-state index contributed by atoms with van der Waals surface area (Å²) < 4.78 is 1.26. The molecule has 2 N–H and O–H groups in total. The largest absolute Gasteiger partial charge is 0.326 e. The van der Waals surface area contributed by atoms with Gasteiger partial charge in [0.05, 0.1) is 3.79 Å². The molecule has 0 radical (unpaired) electrons. The van der Waals surface area contributed by atoms with Gasteiger partial charge in [0.1, 0.15) is 0 Å². The van der Waals surface area contributed by atoms with Crippen LogP contribution in [0.25, 0.3) is 0 Å². The fourth-order valence-corrected chi connectivity index (χ4v) is 4.34. The van der Waals surface area contributed by atoms with Crippen molar-refractivity contribution in [2.24, 2.45) is 5.73 Å². The van der Waals surface area contributed by atoms with Gasteiger partial charge in [0, 0.05) is 11.4 Å². The van der Waals surface area contributed by atoms with Crippen LogP contribution in [0.4, 0.5) is 0 Å². The molecule has 13 heavy (non-hydrogen) atoms. The highest BCUT2D eigenvalue weighted by Gasteiger charge is 2.23. The molecule has 1 aromatic heterocycles. The minimum atomic E-state index is 0.677. The molecule has 1 aliphatic rings. The molecule has 1 aromatic rings. The highest BCUT2D eigenvalue weighted by molar-refractivity contribution is 9.11. The first-order valence-electron chi connectivity index (χ1n) is 4.74. The van der Waals surface area contributed by atoms with Crippen LogP contribution in [0.15, 0.2) is 3.79 Å². The Hall–Kier alpha value is 0.140. The predicted molar refractivity (Wildman–Crippen MR) is 61.3 cm³/mol. The number of thiophene rings is 1. The number of halogens is 1. The van der Waals surface area contributed by atoms with E-state index in [1.165, 1.54) is 28.6 Å². The van der Waals surface area contributed by atoms with Crippen LogP contribution in [-0.2, 0) is 13.0 Å². The summed E-state index contributed by atoms with van der Waals surface area (Å²) in [6.07, 6.45) is 3.91. The van der Waals surface area contributed by atoms with Crippen molar-refractivity contribution in [3.8, 4) is 0 Å². The van der Waals surface area contributed by atoms with E-state index >= 15 is 0 Å². The molecule has 2 rings (SSSR count). The number of nitrogens with two attached hydrogens (primary N) is 1. The maximum atomic E-state index is 5.76. The van der Waals surface area contributed by atoms with Crippen molar-refractivity contribution in [2.75, 3.05) is 0 Å². The van der Waals surface area contributed by atoms with Crippen molar-refractivity contribution in [3.63, 3.8) is 0 Å². The molecule has 1 heterocycles. The lowest BCUT2D eigenvalue weighted by Crippen LogP contribution is -2.08. The van der Waals surface area contributed by atoms with Gasteiger partial charge >= 0.3 is 0 Å². The SMILES string of the molecule is CC1CCCc2sc(Br)c(CN)c21. The molecular formula is C10H14BrNS. The number of hydrogen-bond acceptors (Lipinski definition) is 2. The van der Waals surface area contributed by atoms with E-state index in [0.29, 0.717) is 12.5 Å². The summed E-state index contributed by atoms with van der Waals surface area (Å²) in [5.74, 6) is 0.713. The lowest BCUT2D eigenvalue weighted by molar-refractivity contribution is 0.593. The lowest BCUT2D eigenvalue weighted by atomic mass is 9.87. The van der Waals surface area contributed by atoms with Crippen LogP contribution in [0.5, 0.6) is 0 Å². The van der Waals surface area contributed by atoms with Gasteiger partial charge in [-0.05, 0) is 52.2 Å². The van der Waals surface area contributed by atoms with Crippen molar-refractivity contribution in [2.45, 2.75) is 38.6 Å². The van der Waals surface area contributed by atoms with Gasteiger partial charge in [-0.2, -0.15) is 0 Å². The first-order valence-corrected chi connectivity index (χ1v) is 6.35. The average Bonchev–Trinajstić information content (AvgIpc) is 2.42. The molecule has 1 atom stereocenters. The summed E-state index contributed by atoms with van der Waals surface area (Å²) in [5, 5.41) is 0. The molecule has 3 heteroatoms. The zero-order valence-corrected chi connectivity index (χ0v) is 10.2. The molecule has 0 saturated heterocycles. The van der Waals surface area contributed by atoms with Crippen molar-refractivity contribution < 1.29 is 0 Å². The summed E-state index contributed by atoms with van der Waals surface area (Å²) >= 11 is 5.49. The van der Waals surface area contributed by atoms with E-state index in [0.717, 1.165) is 0 Å². The molecule has 0 fully saturated rings.